The number of nitrogens with zero attached hydrogens (tertiary/aromatic N) is 2. The van der Waals surface area contributed by atoms with Gasteiger partial charge in [0, 0.05) is 11.4 Å². The summed E-state index contributed by atoms with van der Waals surface area (Å²) in [6.45, 7) is 3.58. The van der Waals surface area contributed by atoms with Crippen LogP contribution in [0.3, 0.4) is 0 Å². The number of fused-ring (bicyclic) bond motifs is 1. The first kappa shape index (κ1) is 15.7. The van der Waals surface area contributed by atoms with Crippen LogP contribution in [0, 0.1) is 6.92 Å². The molecule has 3 rings (SSSR count). The SMILES string of the molecule is Cc1nc(SC(C)C(=O)NC(=O)NC2CC2)c2ccccc2n1. The van der Waals surface area contributed by atoms with Crippen molar-refractivity contribution >= 4 is 34.6 Å². The largest absolute Gasteiger partial charge is 0.335 e. The third-order valence-electron chi connectivity index (χ3n) is 3.49. The van der Waals surface area contributed by atoms with Crippen LogP contribution < -0.4 is 10.6 Å². The van der Waals surface area contributed by atoms with Gasteiger partial charge >= 0.3 is 6.03 Å². The Kier molecular flexibility index (Phi) is 4.47. The highest BCUT2D eigenvalue weighted by molar-refractivity contribution is 8.00. The topological polar surface area (TPSA) is 84.0 Å². The fourth-order valence-electron chi connectivity index (χ4n) is 2.13. The van der Waals surface area contributed by atoms with Crippen molar-refractivity contribution in [2.45, 2.75) is 43.0 Å². The maximum Gasteiger partial charge on any atom is 0.321 e. The van der Waals surface area contributed by atoms with Crippen LogP contribution >= 0.6 is 11.8 Å². The van der Waals surface area contributed by atoms with Gasteiger partial charge in [0.15, 0.2) is 0 Å². The fraction of sp³-hybridized carbons (Fsp3) is 0.375. The molecular formula is C16H18N4O2S. The zero-order valence-corrected chi connectivity index (χ0v) is 13.8. The van der Waals surface area contributed by atoms with E-state index in [0.29, 0.717) is 5.82 Å². The predicted molar refractivity (Wildman–Crippen MR) is 89.3 cm³/mol. The molecule has 1 atom stereocenters. The molecule has 2 N–H and O–H groups in total. The van der Waals surface area contributed by atoms with Crippen molar-refractivity contribution in [2.24, 2.45) is 0 Å². The van der Waals surface area contributed by atoms with Crippen LogP contribution in [0.2, 0.25) is 0 Å². The molecule has 1 aliphatic carbocycles. The van der Waals surface area contributed by atoms with Gasteiger partial charge in [-0.05, 0) is 32.8 Å². The van der Waals surface area contributed by atoms with Crippen LogP contribution in [0.25, 0.3) is 10.9 Å². The summed E-state index contributed by atoms with van der Waals surface area (Å²) in [5.74, 6) is 0.332. The van der Waals surface area contributed by atoms with Crippen molar-refractivity contribution in [1.82, 2.24) is 20.6 Å². The molecule has 0 aliphatic heterocycles. The van der Waals surface area contributed by atoms with E-state index >= 15 is 0 Å². The van der Waals surface area contributed by atoms with Crippen molar-refractivity contribution in [3.63, 3.8) is 0 Å². The average Bonchev–Trinajstić information content (AvgIpc) is 3.30. The Labute approximate surface area is 138 Å². The van der Waals surface area contributed by atoms with Crippen molar-refractivity contribution in [3.8, 4) is 0 Å². The summed E-state index contributed by atoms with van der Waals surface area (Å²) in [5, 5.41) is 6.34. The fourth-order valence-corrected chi connectivity index (χ4v) is 3.12. The van der Waals surface area contributed by atoms with E-state index in [1.807, 2.05) is 31.2 Å². The molecule has 2 aromatic rings. The lowest BCUT2D eigenvalue weighted by Gasteiger charge is -2.13. The normalized spacial score (nSPS) is 15.2. The van der Waals surface area contributed by atoms with Gasteiger partial charge in [0.2, 0.25) is 5.91 Å². The molecular weight excluding hydrogens is 312 g/mol. The first-order valence-electron chi connectivity index (χ1n) is 7.54. The molecule has 1 aliphatic rings. The highest BCUT2D eigenvalue weighted by atomic mass is 32.2. The molecule has 0 bridgehead atoms. The van der Waals surface area contributed by atoms with Crippen LogP contribution in [0.1, 0.15) is 25.6 Å². The smallest absolute Gasteiger partial charge is 0.321 e. The number of benzene rings is 1. The molecule has 23 heavy (non-hydrogen) atoms. The molecule has 1 saturated carbocycles. The number of amides is 3. The van der Waals surface area contributed by atoms with E-state index < -0.39 is 11.3 Å². The highest BCUT2D eigenvalue weighted by Crippen LogP contribution is 2.28. The highest BCUT2D eigenvalue weighted by Gasteiger charge is 2.25. The number of urea groups is 1. The number of rotatable bonds is 4. The predicted octanol–water partition coefficient (Wildman–Crippen LogP) is 2.41. The number of aromatic nitrogens is 2. The van der Waals surface area contributed by atoms with Crippen LogP contribution in [0.5, 0.6) is 0 Å². The molecule has 6 nitrogen and oxygen atoms in total. The standard InChI is InChI=1S/C16H18N4O2S/c1-9(14(21)20-16(22)19-11-7-8-11)23-15-12-5-3-4-6-13(12)17-10(2)18-15/h3-6,9,11H,7-8H2,1-2H3,(H2,19,20,21,22). The van der Waals surface area contributed by atoms with E-state index in [9.17, 15) is 9.59 Å². The number of imide groups is 1. The number of carbonyl (C=O) groups excluding carboxylic acids is 2. The Bertz CT molecular complexity index is 761. The molecule has 1 unspecified atom stereocenters. The number of thioether (sulfide) groups is 1. The minimum atomic E-state index is -0.433. The van der Waals surface area contributed by atoms with Crippen LogP contribution in [0.4, 0.5) is 4.79 Å². The van der Waals surface area contributed by atoms with Crippen LogP contribution in [-0.4, -0.2) is 33.2 Å². The molecule has 1 fully saturated rings. The monoisotopic (exact) mass is 330 g/mol. The minimum Gasteiger partial charge on any atom is -0.335 e. The summed E-state index contributed by atoms with van der Waals surface area (Å²) >= 11 is 1.33. The first-order valence-corrected chi connectivity index (χ1v) is 8.42. The first-order chi connectivity index (χ1) is 11.0. The van der Waals surface area contributed by atoms with Gasteiger partial charge in [0.1, 0.15) is 10.9 Å². The van der Waals surface area contributed by atoms with E-state index in [4.69, 9.17) is 0 Å². The minimum absolute atomic E-state index is 0.221. The van der Waals surface area contributed by atoms with Crippen molar-refractivity contribution < 1.29 is 9.59 Å². The quantitative estimate of drug-likeness (QED) is 0.664. The number of aryl methyl sites for hydroxylation is 1. The summed E-state index contributed by atoms with van der Waals surface area (Å²) in [5.41, 5.74) is 0.849. The maximum atomic E-state index is 12.1. The van der Waals surface area contributed by atoms with Gasteiger partial charge in [-0.3, -0.25) is 10.1 Å². The molecule has 3 amide bonds. The van der Waals surface area contributed by atoms with Gasteiger partial charge in [-0.1, -0.05) is 30.0 Å². The van der Waals surface area contributed by atoms with Crippen molar-refractivity contribution in [1.29, 1.82) is 0 Å². The van der Waals surface area contributed by atoms with Crippen LogP contribution in [0.15, 0.2) is 29.3 Å². The Morgan fingerprint density at radius 2 is 2.00 bits per heavy atom. The number of hydrogen-bond donors (Lipinski definition) is 2. The van der Waals surface area contributed by atoms with Gasteiger partial charge in [0.25, 0.3) is 0 Å². The third kappa shape index (κ3) is 3.98. The second-order valence-corrected chi connectivity index (χ2v) is 6.92. The lowest BCUT2D eigenvalue weighted by atomic mass is 10.2. The van der Waals surface area contributed by atoms with Crippen molar-refractivity contribution in [3.05, 3.63) is 30.1 Å². The summed E-state index contributed by atoms with van der Waals surface area (Å²) in [6, 6.07) is 7.48. The van der Waals surface area contributed by atoms with Gasteiger partial charge in [-0.15, -0.1) is 0 Å². The molecule has 120 valence electrons. The Morgan fingerprint density at radius 1 is 1.26 bits per heavy atom. The second-order valence-electron chi connectivity index (χ2n) is 5.59. The zero-order chi connectivity index (χ0) is 16.4. The summed E-state index contributed by atoms with van der Waals surface area (Å²) < 4.78 is 0. The van der Waals surface area contributed by atoms with Crippen LogP contribution in [-0.2, 0) is 4.79 Å². The summed E-state index contributed by atoms with van der Waals surface area (Å²) in [7, 11) is 0. The lowest BCUT2D eigenvalue weighted by Crippen LogP contribution is -2.43. The molecule has 1 aromatic carbocycles. The van der Waals surface area contributed by atoms with Gasteiger partial charge in [-0.25, -0.2) is 14.8 Å². The lowest BCUT2D eigenvalue weighted by molar-refractivity contribution is -0.119. The number of hydrogen-bond acceptors (Lipinski definition) is 5. The maximum absolute atomic E-state index is 12.1. The number of para-hydroxylation sites is 1. The van der Waals surface area contributed by atoms with Gasteiger partial charge in [0.05, 0.1) is 10.8 Å². The molecule has 1 aromatic heterocycles. The number of nitrogens with one attached hydrogen (secondary N) is 2. The van der Waals surface area contributed by atoms with E-state index in [2.05, 4.69) is 20.6 Å². The third-order valence-corrected chi connectivity index (χ3v) is 4.59. The molecule has 7 heteroatoms. The average molecular weight is 330 g/mol. The van der Waals surface area contributed by atoms with Crippen molar-refractivity contribution in [2.75, 3.05) is 0 Å². The van der Waals surface area contributed by atoms with Gasteiger partial charge in [-0.2, -0.15) is 0 Å². The molecule has 0 saturated heterocycles. The van der Waals surface area contributed by atoms with E-state index in [-0.39, 0.29) is 11.9 Å². The van der Waals surface area contributed by atoms with E-state index in [0.717, 1.165) is 28.8 Å². The van der Waals surface area contributed by atoms with Gasteiger partial charge < -0.3 is 5.32 Å². The molecule has 0 spiro atoms. The summed E-state index contributed by atoms with van der Waals surface area (Å²) in [6.07, 6.45) is 1.97. The van der Waals surface area contributed by atoms with E-state index in [1.54, 1.807) is 6.92 Å². The summed E-state index contributed by atoms with van der Waals surface area (Å²) in [4.78, 5) is 32.6. The molecule has 1 heterocycles. The zero-order valence-electron chi connectivity index (χ0n) is 13.0. The Morgan fingerprint density at radius 3 is 2.74 bits per heavy atom. The Balaban J connectivity index is 1.70. The second kappa shape index (κ2) is 6.54. The Hall–Kier alpha value is -2.15. The molecule has 0 radical (unpaired) electrons. The van der Waals surface area contributed by atoms with E-state index in [1.165, 1.54) is 11.8 Å². The number of carbonyl (C=O) groups is 2.